The number of rotatable bonds is 5. The van der Waals surface area contributed by atoms with Crippen LogP contribution in [0.25, 0.3) is 11.2 Å². The summed E-state index contributed by atoms with van der Waals surface area (Å²) < 4.78 is 49.9. The molecule has 0 bridgehead atoms. The Bertz CT molecular complexity index is 1500. The Labute approximate surface area is 232 Å². The van der Waals surface area contributed by atoms with Crippen molar-refractivity contribution in [2.75, 3.05) is 12.3 Å². The van der Waals surface area contributed by atoms with Crippen LogP contribution in [-0.2, 0) is 32.3 Å². The van der Waals surface area contributed by atoms with Gasteiger partial charge in [0.1, 0.15) is 17.9 Å². The average molecular weight is 600 g/mol. The van der Waals surface area contributed by atoms with Gasteiger partial charge in [-0.2, -0.15) is 0 Å². The van der Waals surface area contributed by atoms with E-state index in [-0.39, 0.29) is 12.4 Å². The highest BCUT2D eigenvalue weighted by atomic mass is 35.5. The SMILES string of the molecule is CC1(C)C[C@@H](c2cc(Cl)cc(Cl)c2)OP(=O)(OC[C@H]2O[C@@H](n3cnc4c(N)ncnc43)[C@]3(C)OC(=O)O[C@H]23)O1. The Morgan fingerprint density at radius 1 is 1.18 bits per heavy atom. The fourth-order valence-corrected chi connectivity index (χ4v) is 7.38. The third kappa shape index (κ3) is 4.76. The van der Waals surface area contributed by atoms with E-state index >= 15 is 0 Å². The lowest BCUT2D eigenvalue weighted by molar-refractivity contribution is -0.0988. The monoisotopic (exact) mass is 599 g/mol. The molecular weight excluding hydrogens is 576 g/mol. The molecule has 3 aromatic rings. The summed E-state index contributed by atoms with van der Waals surface area (Å²) >= 11 is 12.3. The number of carbonyl (C=O) groups is 1. The van der Waals surface area contributed by atoms with Crippen LogP contribution < -0.4 is 5.73 Å². The van der Waals surface area contributed by atoms with Gasteiger partial charge in [-0.1, -0.05) is 23.2 Å². The number of nitrogens with two attached hydrogens (primary N) is 1. The lowest BCUT2D eigenvalue weighted by Crippen LogP contribution is -2.42. The van der Waals surface area contributed by atoms with Crippen LogP contribution in [0.5, 0.6) is 0 Å². The van der Waals surface area contributed by atoms with Gasteiger partial charge in [-0.25, -0.2) is 24.3 Å². The second-order valence-corrected chi connectivity index (χ2v) is 12.7. The number of benzene rings is 1. The van der Waals surface area contributed by atoms with Crippen LogP contribution in [0.4, 0.5) is 10.6 Å². The van der Waals surface area contributed by atoms with Gasteiger partial charge in [0.2, 0.25) is 0 Å². The third-order valence-corrected chi connectivity index (χ3v) is 8.94. The van der Waals surface area contributed by atoms with Crippen molar-refractivity contribution in [2.45, 2.75) is 62.9 Å². The molecule has 6 atom stereocenters. The highest BCUT2D eigenvalue weighted by Gasteiger charge is 2.65. The number of halogens is 2. The zero-order valence-electron chi connectivity index (χ0n) is 20.9. The lowest BCUT2D eigenvalue weighted by Gasteiger charge is -2.39. The van der Waals surface area contributed by atoms with E-state index in [0.717, 1.165) is 0 Å². The highest BCUT2D eigenvalue weighted by molar-refractivity contribution is 7.48. The molecule has 13 nitrogen and oxygen atoms in total. The first-order valence-electron chi connectivity index (χ1n) is 11.9. The molecule has 3 aliphatic heterocycles. The van der Waals surface area contributed by atoms with E-state index in [0.29, 0.717) is 33.2 Å². The van der Waals surface area contributed by atoms with Gasteiger partial charge in [0.15, 0.2) is 29.4 Å². The summed E-state index contributed by atoms with van der Waals surface area (Å²) in [6.07, 6.45) is -1.20. The fraction of sp³-hybridized carbons (Fsp3) is 0.478. The Morgan fingerprint density at radius 2 is 1.92 bits per heavy atom. The van der Waals surface area contributed by atoms with Crippen LogP contribution in [0.1, 0.15) is 45.1 Å². The minimum Gasteiger partial charge on any atom is -0.424 e. The molecule has 0 amide bonds. The second-order valence-electron chi connectivity index (χ2n) is 10.3. The molecule has 208 valence electrons. The van der Waals surface area contributed by atoms with Crippen molar-refractivity contribution in [2.24, 2.45) is 0 Å². The van der Waals surface area contributed by atoms with Gasteiger partial charge in [-0.05, 0) is 44.5 Å². The smallest absolute Gasteiger partial charge is 0.424 e. The van der Waals surface area contributed by atoms with Crippen molar-refractivity contribution in [1.82, 2.24) is 19.5 Å². The average Bonchev–Trinajstić information content (AvgIpc) is 3.46. The number of anilines is 1. The maximum absolute atomic E-state index is 13.7. The fourth-order valence-electron chi connectivity index (χ4n) is 5.16. The zero-order chi connectivity index (χ0) is 27.7. The zero-order valence-corrected chi connectivity index (χ0v) is 23.4. The first kappa shape index (κ1) is 26.7. The highest BCUT2D eigenvalue weighted by Crippen LogP contribution is 2.62. The summed E-state index contributed by atoms with van der Waals surface area (Å²) in [5, 5.41) is 0.820. The number of aromatic nitrogens is 4. The normalized spacial score (nSPS) is 33.6. The van der Waals surface area contributed by atoms with Gasteiger partial charge < -0.3 is 19.9 Å². The Balaban J connectivity index is 1.26. The molecule has 16 heteroatoms. The van der Waals surface area contributed by atoms with Gasteiger partial charge >= 0.3 is 14.0 Å². The quantitative estimate of drug-likeness (QED) is 0.309. The molecule has 2 aromatic heterocycles. The molecule has 6 rings (SSSR count). The van der Waals surface area contributed by atoms with E-state index in [4.69, 9.17) is 56.7 Å². The molecule has 0 aliphatic carbocycles. The number of fused-ring (bicyclic) bond motifs is 2. The van der Waals surface area contributed by atoms with E-state index in [1.165, 1.54) is 12.7 Å². The molecule has 1 unspecified atom stereocenters. The van der Waals surface area contributed by atoms with Gasteiger partial charge in [0, 0.05) is 16.5 Å². The van der Waals surface area contributed by atoms with Crippen LogP contribution in [0, 0.1) is 0 Å². The largest absolute Gasteiger partial charge is 0.509 e. The maximum Gasteiger partial charge on any atom is 0.509 e. The Kier molecular flexibility index (Phi) is 6.35. The summed E-state index contributed by atoms with van der Waals surface area (Å²) in [4.78, 5) is 24.7. The number of ether oxygens (including phenoxy) is 3. The third-order valence-electron chi connectivity index (χ3n) is 6.81. The van der Waals surface area contributed by atoms with Gasteiger partial charge in [0.05, 0.1) is 24.6 Å². The van der Waals surface area contributed by atoms with Crippen molar-refractivity contribution in [3.05, 3.63) is 46.5 Å². The predicted octanol–water partition coefficient (Wildman–Crippen LogP) is 4.99. The number of carbonyl (C=O) groups excluding carboxylic acids is 1. The molecule has 3 saturated heterocycles. The van der Waals surface area contributed by atoms with Crippen molar-refractivity contribution >= 4 is 54.2 Å². The second kappa shape index (κ2) is 9.27. The van der Waals surface area contributed by atoms with E-state index in [9.17, 15) is 9.36 Å². The van der Waals surface area contributed by atoms with Crippen molar-refractivity contribution in [3.63, 3.8) is 0 Å². The Hall–Kier alpha value is -2.51. The van der Waals surface area contributed by atoms with Crippen molar-refractivity contribution in [3.8, 4) is 0 Å². The van der Waals surface area contributed by atoms with E-state index in [1.807, 2.05) is 0 Å². The number of phosphoric ester groups is 1. The number of hydrogen-bond acceptors (Lipinski definition) is 12. The van der Waals surface area contributed by atoms with Crippen molar-refractivity contribution < 1.29 is 37.1 Å². The summed E-state index contributed by atoms with van der Waals surface area (Å²) in [5.74, 6) is 0.181. The first-order chi connectivity index (χ1) is 18.4. The molecule has 0 spiro atoms. The van der Waals surface area contributed by atoms with Crippen LogP contribution in [0.3, 0.4) is 0 Å². The van der Waals surface area contributed by atoms with Gasteiger partial charge in [-0.15, -0.1) is 0 Å². The summed E-state index contributed by atoms with van der Waals surface area (Å²) in [6, 6.07) is 4.95. The summed E-state index contributed by atoms with van der Waals surface area (Å²) in [5.41, 5.74) is 5.11. The molecule has 0 radical (unpaired) electrons. The summed E-state index contributed by atoms with van der Waals surface area (Å²) in [7, 11) is -4.14. The van der Waals surface area contributed by atoms with E-state index in [2.05, 4.69) is 15.0 Å². The molecule has 39 heavy (non-hydrogen) atoms. The van der Waals surface area contributed by atoms with E-state index < -0.39 is 49.7 Å². The summed E-state index contributed by atoms with van der Waals surface area (Å²) in [6.45, 7) is 4.89. The molecule has 3 fully saturated rings. The molecule has 5 heterocycles. The number of imidazole rings is 1. The molecule has 0 saturated carbocycles. The van der Waals surface area contributed by atoms with Gasteiger partial charge in [-0.3, -0.25) is 18.1 Å². The minimum atomic E-state index is -4.14. The number of phosphoric acid groups is 1. The molecule has 3 aliphatic rings. The topological polar surface area (TPSA) is 159 Å². The number of hydrogen-bond donors (Lipinski definition) is 1. The Morgan fingerprint density at radius 3 is 2.67 bits per heavy atom. The van der Waals surface area contributed by atoms with Crippen LogP contribution >= 0.6 is 31.0 Å². The standard InChI is InChI=1S/C23H24Cl2N5O8P/c1-22(2)7-14(11-4-12(24)6-13(25)5-11)37-39(32,38-22)33-8-15-17-23(3,36-21(31)35-17)20(34-15)30-10-29-16-18(26)27-9-28-19(16)30/h4-6,9-10,14-15,17,20H,7-8H2,1-3H3,(H2,26,27,28)/t14-,15+,17+,20+,23+,39?/m0/s1. The lowest BCUT2D eigenvalue weighted by atomic mass is 9.96. The number of nitrogens with zero attached hydrogens (tertiary/aromatic N) is 4. The van der Waals surface area contributed by atoms with Crippen LogP contribution in [-0.4, -0.2) is 55.7 Å². The van der Waals surface area contributed by atoms with Gasteiger partial charge in [0.25, 0.3) is 0 Å². The molecule has 2 N–H and O–H groups in total. The van der Waals surface area contributed by atoms with E-state index in [1.54, 1.807) is 43.5 Å². The first-order valence-corrected chi connectivity index (χ1v) is 14.2. The van der Waals surface area contributed by atoms with Crippen LogP contribution in [0.2, 0.25) is 10.0 Å². The van der Waals surface area contributed by atoms with Crippen LogP contribution in [0.15, 0.2) is 30.9 Å². The molecular formula is C23H24Cl2N5O8P. The predicted molar refractivity (Wildman–Crippen MR) is 137 cm³/mol. The maximum atomic E-state index is 13.7. The number of nitrogen functional groups attached to an aromatic ring is 1. The van der Waals surface area contributed by atoms with Crippen molar-refractivity contribution in [1.29, 1.82) is 0 Å². The minimum absolute atomic E-state index is 0.181. The molecule has 1 aromatic carbocycles.